The van der Waals surface area contributed by atoms with Crippen LogP contribution in [0.5, 0.6) is 0 Å². The number of H-pyrrole nitrogens is 2. The van der Waals surface area contributed by atoms with Gasteiger partial charge in [-0.1, -0.05) is 0 Å². The molecule has 2 N–H and O–H groups in total. The molecule has 0 unspecified atom stereocenters. The predicted molar refractivity (Wildman–Crippen MR) is 47.7 cm³/mol. The number of nitrogens with zero attached hydrogens (tertiary/aromatic N) is 3. The van der Waals surface area contributed by atoms with Gasteiger partial charge in [0.1, 0.15) is 0 Å². The van der Waals surface area contributed by atoms with Crippen LogP contribution in [0.15, 0.2) is 4.79 Å². The zero-order chi connectivity index (χ0) is 9.59. The molecular weight excluding hydrogens is 190 g/mol. The van der Waals surface area contributed by atoms with Gasteiger partial charge < -0.3 is 0 Å². The molecule has 0 aliphatic carbocycles. The number of hydrogen-bond acceptors (Lipinski definition) is 3. The van der Waals surface area contributed by atoms with Crippen LogP contribution in [0.25, 0.3) is 11.2 Å². The zero-order valence-corrected chi connectivity index (χ0v) is 7.97. The number of aryl methyl sites for hydroxylation is 2. The predicted octanol–water partition coefficient (Wildman–Crippen LogP) is -0.856. The van der Waals surface area contributed by atoms with E-state index in [2.05, 4.69) is 15.2 Å². The monoisotopic (exact) mass is 198 g/mol. The van der Waals surface area contributed by atoms with Gasteiger partial charge in [0.05, 0.1) is 14.1 Å². The summed E-state index contributed by atoms with van der Waals surface area (Å²) in [5.74, 6) is 0. The van der Waals surface area contributed by atoms with E-state index >= 15 is 0 Å². The molecule has 68 valence electrons. The molecule has 2 aromatic rings. The molecule has 0 aliphatic rings. The van der Waals surface area contributed by atoms with Crippen LogP contribution in [0, 0.1) is 4.77 Å². The van der Waals surface area contributed by atoms with Gasteiger partial charge in [0.15, 0.2) is 0 Å². The van der Waals surface area contributed by atoms with Gasteiger partial charge >= 0.3 is 0 Å². The summed E-state index contributed by atoms with van der Waals surface area (Å²) in [6, 6.07) is 0. The first kappa shape index (κ1) is 8.11. The molecule has 2 heterocycles. The molecule has 6 nitrogen and oxygen atoms in total. The number of aromatic nitrogens is 5. The fourth-order valence-corrected chi connectivity index (χ4v) is 1.48. The van der Waals surface area contributed by atoms with E-state index < -0.39 is 0 Å². The van der Waals surface area contributed by atoms with Crippen molar-refractivity contribution in [3.63, 3.8) is 0 Å². The molecule has 0 aliphatic heterocycles. The van der Waals surface area contributed by atoms with E-state index in [1.54, 1.807) is 18.8 Å². The quantitative estimate of drug-likeness (QED) is 0.427. The van der Waals surface area contributed by atoms with Gasteiger partial charge in [-0.25, -0.2) is 4.98 Å². The Morgan fingerprint density at radius 3 is 2.92 bits per heavy atom. The number of rotatable bonds is 0. The average Bonchev–Trinajstić information content (AvgIpc) is 2.27. The van der Waals surface area contributed by atoms with Crippen LogP contribution < -0.4 is 10.2 Å². The molecule has 0 atom stereocenters. The summed E-state index contributed by atoms with van der Waals surface area (Å²) in [6.45, 7) is 0. The Hall–Kier alpha value is -1.50. The average molecular weight is 198 g/mol. The Kier molecular flexibility index (Phi) is 1.56. The lowest BCUT2D eigenvalue weighted by molar-refractivity contribution is -0.710. The van der Waals surface area contributed by atoms with Crippen LogP contribution >= 0.6 is 12.2 Å². The SMILES string of the molecule is Cn1n[n+](C)c2[nH]c(=S)[nH]c(=O)c21. The molecule has 0 bridgehead atoms. The minimum atomic E-state index is -0.227. The summed E-state index contributed by atoms with van der Waals surface area (Å²) in [5.41, 5.74) is 0.877. The fourth-order valence-electron chi connectivity index (χ4n) is 1.29. The lowest BCUT2D eigenvalue weighted by atomic mass is 10.5. The summed E-state index contributed by atoms with van der Waals surface area (Å²) in [6.07, 6.45) is 0. The second-order valence-electron chi connectivity index (χ2n) is 2.74. The highest BCUT2D eigenvalue weighted by atomic mass is 32.1. The summed E-state index contributed by atoms with van der Waals surface area (Å²) >= 11 is 4.83. The Balaban J connectivity index is 3.15. The van der Waals surface area contributed by atoms with Crippen molar-refractivity contribution >= 4 is 23.4 Å². The van der Waals surface area contributed by atoms with Crippen molar-refractivity contribution in [2.75, 3.05) is 0 Å². The van der Waals surface area contributed by atoms with E-state index in [4.69, 9.17) is 12.2 Å². The molecule has 0 amide bonds. The summed E-state index contributed by atoms with van der Waals surface area (Å²) in [5, 5.41) is 4.03. The minimum Gasteiger partial charge on any atom is -0.283 e. The van der Waals surface area contributed by atoms with Gasteiger partial charge in [-0.05, 0) is 12.2 Å². The normalized spacial score (nSPS) is 10.9. The van der Waals surface area contributed by atoms with E-state index in [9.17, 15) is 4.79 Å². The largest absolute Gasteiger partial charge is 0.299 e. The maximum absolute atomic E-state index is 11.4. The highest BCUT2D eigenvalue weighted by Gasteiger charge is 2.15. The molecule has 2 aromatic heterocycles. The Labute approximate surface area is 77.8 Å². The highest BCUT2D eigenvalue weighted by molar-refractivity contribution is 7.71. The Morgan fingerprint density at radius 2 is 2.23 bits per heavy atom. The minimum absolute atomic E-state index is 0.227. The lowest BCUT2D eigenvalue weighted by Gasteiger charge is -1.84. The molecule has 2 rings (SSSR count). The van der Waals surface area contributed by atoms with Crippen LogP contribution in [0.3, 0.4) is 0 Å². The second kappa shape index (κ2) is 2.49. The third kappa shape index (κ3) is 1.08. The van der Waals surface area contributed by atoms with Gasteiger partial charge in [0.25, 0.3) is 16.7 Å². The van der Waals surface area contributed by atoms with Crippen LogP contribution in [-0.4, -0.2) is 19.9 Å². The molecule has 0 aromatic carbocycles. The first-order valence-corrected chi connectivity index (χ1v) is 4.06. The van der Waals surface area contributed by atoms with E-state index in [0.717, 1.165) is 0 Å². The molecule has 0 radical (unpaired) electrons. The first-order chi connectivity index (χ1) is 6.09. The maximum Gasteiger partial charge on any atom is 0.299 e. The molecule has 0 saturated carbocycles. The number of hydrogen-bond donors (Lipinski definition) is 2. The molecule has 0 fully saturated rings. The van der Waals surface area contributed by atoms with Crippen molar-refractivity contribution in [2.24, 2.45) is 14.1 Å². The van der Waals surface area contributed by atoms with E-state index in [0.29, 0.717) is 15.9 Å². The highest BCUT2D eigenvalue weighted by Crippen LogP contribution is 1.95. The van der Waals surface area contributed by atoms with Gasteiger partial charge in [-0.3, -0.25) is 9.78 Å². The number of fused-ring (bicyclic) bond motifs is 1. The van der Waals surface area contributed by atoms with Crippen molar-refractivity contribution in [2.45, 2.75) is 0 Å². The third-order valence-corrected chi connectivity index (χ3v) is 2.02. The molecule has 7 heteroatoms. The lowest BCUT2D eigenvalue weighted by Crippen LogP contribution is -2.32. The molecule has 13 heavy (non-hydrogen) atoms. The smallest absolute Gasteiger partial charge is 0.283 e. The Bertz CT molecular complexity index is 577. The molecule has 0 saturated heterocycles. The number of nitrogens with one attached hydrogen (secondary N) is 2. The maximum atomic E-state index is 11.4. The van der Waals surface area contributed by atoms with Gasteiger partial charge in [0.2, 0.25) is 4.77 Å². The van der Waals surface area contributed by atoms with Crippen molar-refractivity contribution < 1.29 is 4.68 Å². The summed E-state index contributed by atoms with van der Waals surface area (Å²) in [4.78, 5) is 16.8. The second-order valence-corrected chi connectivity index (χ2v) is 3.15. The zero-order valence-electron chi connectivity index (χ0n) is 7.16. The van der Waals surface area contributed by atoms with E-state index in [-0.39, 0.29) is 5.56 Å². The topological polar surface area (TPSA) is 70.3 Å². The van der Waals surface area contributed by atoms with E-state index in [1.807, 2.05) is 0 Å². The first-order valence-electron chi connectivity index (χ1n) is 3.65. The Morgan fingerprint density at radius 1 is 1.54 bits per heavy atom. The van der Waals surface area contributed by atoms with Crippen molar-refractivity contribution in [1.82, 2.24) is 19.9 Å². The summed E-state index contributed by atoms with van der Waals surface area (Å²) in [7, 11) is 3.45. The van der Waals surface area contributed by atoms with Gasteiger partial charge in [-0.2, -0.15) is 4.68 Å². The van der Waals surface area contributed by atoms with Crippen molar-refractivity contribution in [3.05, 3.63) is 15.1 Å². The van der Waals surface area contributed by atoms with Crippen LogP contribution in [-0.2, 0) is 14.1 Å². The van der Waals surface area contributed by atoms with Crippen LogP contribution in [0.1, 0.15) is 0 Å². The van der Waals surface area contributed by atoms with Crippen LogP contribution in [0.4, 0.5) is 0 Å². The summed E-state index contributed by atoms with van der Waals surface area (Å²) < 4.78 is 3.38. The number of aromatic amines is 2. The fraction of sp³-hybridized carbons (Fsp3) is 0.333. The van der Waals surface area contributed by atoms with Crippen molar-refractivity contribution in [1.29, 1.82) is 0 Å². The van der Waals surface area contributed by atoms with Gasteiger partial charge in [0, 0.05) is 5.21 Å². The van der Waals surface area contributed by atoms with Gasteiger partial charge in [-0.15, -0.1) is 4.68 Å². The molecular formula is C6H8N5OS+. The standard InChI is InChI=1S/C6H7N5OS/c1-10-3-4(11(2)9-10)7-6(13)8-5(3)12/h1-2H3,(H-,7,8,9,12,13)/p+1. The van der Waals surface area contributed by atoms with Crippen molar-refractivity contribution in [3.8, 4) is 0 Å². The van der Waals surface area contributed by atoms with Crippen LogP contribution in [0.2, 0.25) is 0 Å². The molecule has 0 spiro atoms. The van der Waals surface area contributed by atoms with E-state index in [1.165, 1.54) is 4.68 Å². The third-order valence-electron chi connectivity index (χ3n) is 1.81.